The largest absolute Gasteiger partial charge is 0.306 e. The highest BCUT2D eigenvalue weighted by molar-refractivity contribution is 4.81. The van der Waals surface area contributed by atoms with Gasteiger partial charge in [0.1, 0.15) is 0 Å². The topological polar surface area (TPSA) is 3.24 Å². The molecule has 0 spiro atoms. The van der Waals surface area contributed by atoms with Gasteiger partial charge in [0, 0.05) is 6.04 Å². The van der Waals surface area contributed by atoms with E-state index < -0.39 is 0 Å². The molecule has 2 unspecified atom stereocenters. The molecule has 0 radical (unpaired) electrons. The second kappa shape index (κ2) is 4.99. The van der Waals surface area contributed by atoms with E-state index in [1.54, 1.807) is 0 Å². The maximum absolute atomic E-state index is 2.42. The van der Waals surface area contributed by atoms with Crippen molar-refractivity contribution in [3.8, 4) is 0 Å². The maximum Gasteiger partial charge on any atom is 0.0115 e. The van der Waals surface area contributed by atoms with Gasteiger partial charge in [-0.3, -0.25) is 0 Å². The molecule has 0 saturated heterocycles. The van der Waals surface area contributed by atoms with Crippen molar-refractivity contribution in [1.82, 2.24) is 4.90 Å². The first-order chi connectivity index (χ1) is 6.15. The average Bonchev–Trinajstić information content (AvgIpc) is 2.04. The van der Waals surface area contributed by atoms with Crippen molar-refractivity contribution < 1.29 is 0 Å². The van der Waals surface area contributed by atoms with Crippen molar-refractivity contribution >= 4 is 0 Å². The van der Waals surface area contributed by atoms with Crippen LogP contribution in [0.5, 0.6) is 0 Å². The van der Waals surface area contributed by atoms with E-state index in [2.05, 4.69) is 32.8 Å². The fourth-order valence-corrected chi connectivity index (χ4v) is 2.93. The zero-order valence-electron chi connectivity index (χ0n) is 9.71. The fourth-order valence-electron chi connectivity index (χ4n) is 2.93. The van der Waals surface area contributed by atoms with Crippen LogP contribution >= 0.6 is 0 Å². The average molecular weight is 183 g/mol. The Labute approximate surface area is 83.5 Å². The lowest BCUT2D eigenvalue weighted by Gasteiger charge is -2.38. The van der Waals surface area contributed by atoms with Crippen LogP contribution in [-0.2, 0) is 0 Å². The first kappa shape index (κ1) is 11.0. The lowest BCUT2D eigenvalue weighted by atomic mass is 9.77. The molecule has 0 aromatic heterocycles. The molecule has 1 aliphatic rings. The third kappa shape index (κ3) is 2.98. The molecule has 1 saturated carbocycles. The highest BCUT2D eigenvalue weighted by Gasteiger charge is 2.27. The molecule has 0 amide bonds. The van der Waals surface area contributed by atoms with E-state index in [0.717, 1.165) is 17.9 Å². The van der Waals surface area contributed by atoms with Gasteiger partial charge in [0.25, 0.3) is 0 Å². The van der Waals surface area contributed by atoms with Crippen LogP contribution in [0.3, 0.4) is 0 Å². The third-order valence-electron chi connectivity index (χ3n) is 3.59. The van der Waals surface area contributed by atoms with E-state index in [0.29, 0.717) is 0 Å². The molecule has 78 valence electrons. The van der Waals surface area contributed by atoms with Gasteiger partial charge in [-0.25, -0.2) is 0 Å². The summed E-state index contributed by atoms with van der Waals surface area (Å²) in [5.74, 6) is 1.93. The third-order valence-corrected chi connectivity index (χ3v) is 3.59. The highest BCUT2D eigenvalue weighted by atomic mass is 15.1. The predicted octanol–water partition coefficient (Wildman–Crippen LogP) is 3.15. The van der Waals surface area contributed by atoms with Gasteiger partial charge in [0.05, 0.1) is 0 Å². The lowest BCUT2D eigenvalue weighted by molar-refractivity contribution is 0.129. The predicted molar refractivity (Wildman–Crippen MR) is 58.9 cm³/mol. The molecular formula is C12H25N. The molecule has 0 N–H and O–H groups in total. The van der Waals surface area contributed by atoms with E-state index >= 15 is 0 Å². The fraction of sp³-hybridized carbons (Fsp3) is 1.00. The van der Waals surface area contributed by atoms with Gasteiger partial charge in [-0.2, -0.15) is 0 Å². The lowest BCUT2D eigenvalue weighted by Crippen LogP contribution is -2.38. The second-order valence-corrected chi connectivity index (χ2v) is 4.98. The van der Waals surface area contributed by atoms with E-state index in [1.165, 1.54) is 32.1 Å². The zero-order valence-corrected chi connectivity index (χ0v) is 9.71. The molecular weight excluding hydrogens is 158 g/mol. The van der Waals surface area contributed by atoms with Crippen LogP contribution in [0.2, 0.25) is 0 Å². The second-order valence-electron chi connectivity index (χ2n) is 4.98. The Morgan fingerprint density at radius 3 is 2.38 bits per heavy atom. The summed E-state index contributed by atoms with van der Waals surface area (Å²) in [6.07, 6.45) is 7.14. The summed E-state index contributed by atoms with van der Waals surface area (Å²) in [6, 6.07) is 0.841. The molecule has 13 heavy (non-hydrogen) atoms. The molecule has 0 heterocycles. The summed E-state index contributed by atoms with van der Waals surface area (Å²) in [6.45, 7) is 4.73. The Kier molecular flexibility index (Phi) is 4.24. The normalized spacial score (nSPS) is 35.3. The van der Waals surface area contributed by atoms with Crippen molar-refractivity contribution in [2.75, 3.05) is 14.1 Å². The van der Waals surface area contributed by atoms with E-state index in [4.69, 9.17) is 0 Å². The number of hydrogen-bond acceptors (Lipinski definition) is 1. The summed E-state index contributed by atoms with van der Waals surface area (Å²) < 4.78 is 0. The van der Waals surface area contributed by atoms with Crippen LogP contribution in [-0.4, -0.2) is 25.0 Å². The van der Waals surface area contributed by atoms with E-state index in [1.807, 2.05) is 0 Å². The summed E-state index contributed by atoms with van der Waals surface area (Å²) in [4.78, 5) is 2.41. The van der Waals surface area contributed by atoms with Crippen molar-refractivity contribution in [3.63, 3.8) is 0 Å². The van der Waals surface area contributed by atoms with Crippen molar-refractivity contribution in [3.05, 3.63) is 0 Å². The van der Waals surface area contributed by atoms with Crippen LogP contribution in [0, 0.1) is 11.8 Å². The molecule has 1 heteroatoms. The number of rotatable bonds is 3. The summed E-state index contributed by atoms with van der Waals surface area (Å²) in [5, 5.41) is 0. The van der Waals surface area contributed by atoms with Gasteiger partial charge in [0.15, 0.2) is 0 Å². The molecule has 1 rings (SSSR count). The molecule has 0 aliphatic heterocycles. The first-order valence-electron chi connectivity index (χ1n) is 5.81. The van der Waals surface area contributed by atoms with Crippen LogP contribution in [0.25, 0.3) is 0 Å². The molecule has 0 bridgehead atoms. The van der Waals surface area contributed by atoms with Gasteiger partial charge < -0.3 is 4.90 Å². The van der Waals surface area contributed by atoms with Crippen molar-refractivity contribution in [2.24, 2.45) is 11.8 Å². The van der Waals surface area contributed by atoms with Crippen LogP contribution < -0.4 is 0 Å². The summed E-state index contributed by atoms with van der Waals surface area (Å²) in [7, 11) is 4.45. The molecule has 0 aromatic rings. The Morgan fingerprint density at radius 2 is 1.92 bits per heavy atom. The highest BCUT2D eigenvalue weighted by Crippen LogP contribution is 2.33. The van der Waals surface area contributed by atoms with Gasteiger partial charge in [-0.1, -0.05) is 26.7 Å². The minimum atomic E-state index is 0.841. The standard InChI is InChI=1S/C12H25N/c1-5-6-11-7-8-12(13(3)4)10(2)9-11/h10-12H,5-9H2,1-4H3/t10?,11-,12?/m1/s1. The Balaban J connectivity index is 2.37. The monoisotopic (exact) mass is 183 g/mol. The minimum absolute atomic E-state index is 0.841. The number of hydrogen-bond donors (Lipinski definition) is 0. The van der Waals surface area contributed by atoms with Crippen molar-refractivity contribution in [1.29, 1.82) is 0 Å². The number of nitrogens with zero attached hydrogens (tertiary/aromatic N) is 1. The molecule has 1 nitrogen and oxygen atoms in total. The van der Waals surface area contributed by atoms with Gasteiger partial charge in [-0.05, 0) is 45.2 Å². The van der Waals surface area contributed by atoms with Crippen LogP contribution in [0.4, 0.5) is 0 Å². The molecule has 1 aliphatic carbocycles. The SMILES string of the molecule is CCC[C@@H]1CCC(N(C)C)C(C)C1. The van der Waals surface area contributed by atoms with E-state index in [-0.39, 0.29) is 0 Å². The van der Waals surface area contributed by atoms with Crippen LogP contribution in [0.1, 0.15) is 46.0 Å². The zero-order chi connectivity index (χ0) is 9.84. The van der Waals surface area contributed by atoms with Gasteiger partial charge in [-0.15, -0.1) is 0 Å². The Bertz CT molecular complexity index is 142. The van der Waals surface area contributed by atoms with Gasteiger partial charge >= 0.3 is 0 Å². The molecule has 1 fully saturated rings. The molecule has 3 atom stereocenters. The first-order valence-corrected chi connectivity index (χ1v) is 5.81. The Hall–Kier alpha value is -0.0400. The summed E-state index contributed by atoms with van der Waals surface area (Å²) >= 11 is 0. The maximum atomic E-state index is 2.42. The van der Waals surface area contributed by atoms with Crippen molar-refractivity contribution in [2.45, 2.75) is 52.0 Å². The minimum Gasteiger partial charge on any atom is -0.306 e. The quantitative estimate of drug-likeness (QED) is 0.649. The summed E-state index contributed by atoms with van der Waals surface area (Å²) in [5.41, 5.74) is 0. The van der Waals surface area contributed by atoms with E-state index in [9.17, 15) is 0 Å². The molecule has 0 aromatic carbocycles. The smallest absolute Gasteiger partial charge is 0.0115 e. The Morgan fingerprint density at radius 1 is 1.23 bits per heavy atom. The van der Waals surface area contributed by atoms with Crippen LogP contribution in [0.15, 0.2) is 0 Å². The van der Waals surface area contributed by atoms with Gasteiger partial charge in [0.2, 0.25) is 0 Å².